The minimum atomic E-state index is -0.169. The average Bonchev–Trinajstić information content (AvgIpc) is 3.39. The molecule has 0 N–H and O–H groups in total. The number of hydrogen-bond donors (Lipinski definition) is 0. The van der Waals surface area contributed by atoms with Gasteiger partial charge in [0, 0.05) is 5.39 Å². The fourth-order valence-electron chi connectivity index (χ4n) is 2.58. The van der Waals surface area contributed by atoms with E-state index in [0.29, 0.717) is 19.0 Å². The quantitative estimate of drug-likeness (QED) is 0.694. The Hall–Kier alpha value is -2.59. The molecule has 1 aromatic heterocycles. The number of hydrogen-bond acceptors (Lipinski definition) is 3. The first-order valence-electron chi connectivity index (χ1n) is 7.25. The molecule has 0 saturated carbocycles. The van der Waals surface area contributed by atoms with Crippen molar-refractivity contribution in [1.29, 1.82) is 0 Å². The van der Waals surface area contributed by atoms with E-state index in [0.717, 1.165) is 16.5 Å². The van der Waals surface area contributed by atoms with Gasteiger partial charge in [-0.25, -0.2) is 0 Å². The van der Waals surface area contributed by atoms with Gasteiger partial charge in [-0.15, -0.1) is 0 Å². The SMILES string of the molecule is O=c1c(OCc2ccccc2)cc2ccccc2n1[C@@H]1CO1. The van der Waals surface area contributed by atoms with Crippen LogP contribution in [0.5, 0.6) is 5.75 Å². The first kappa shape index (κ1) is 13.1. The minimum Gasteiger partial charge on any atom is -0.483 e. The van der Waals surface area contributed by atoms with Crippen molar-refractivity contribution in [1.82, 2.24) is 4.57 Å². The summed E-state index contributed by atoms with van der Waals surface area (Å²) in [7, 11) is 0. The van der Waals surface area contributed by atoms with Crippen molar-refractivity contribution in [2.45, 2.75) is 12.8 Å². The number of aromatic nitrogens is 1. The van der Waals surface area contributed by atoms with Crippen molar-refractivity contribution in [2.24, 2.45) is 0 Å². The number of fused-ring (bicyclic) bond motifs is 1. The molecule has 0 amide bonds. The Morgan fingerprint density at radius 3 is 2.59 bits per heavy atom. The van der Waals surface area contributed by atoms with E-state index in [1.54, 1.807) is 10.6 Å². The first-order valence-corrected chi connectivity index (χ1v) is 7.25. The van der Waals surface area contributed by atoms with Gasteiger partial charge < -0.3 is 9.47 Å². The van der Waals surface area contributed by atoms with Gasteiger partial charge in [0.1, 0.15) is 6.61 Å². The lowest BCUT2D eigenvalue weighted by Crippen LogP contribution is -2.22. The molecule has 2 heterocycles. The van der Waals surface area contributed by atoms with Gasteiger partial charge in [-0.05, 0) is 17.7 Å². The number of nitrogens with zero attached hydrogens (tertiary/aromatic N) is 1. The molecule has 0 aliphatic carbocycles. The summed E-state index contributed by atoms with van der Waals surface area (Å²) in [6.45, 7) is 0.950. The molecule has 22 heavy (non-hydrogen) atoms. The predicted molar refractivity (Wildman–Crippen MR) is 84.0 cm³/mol. The maximum absolute atomic E-state index is 12.6. The normalized spacial score (nSPS) is 16.6. The largest absolute Gasteiger partial charge is 0.483 e. The molecule has 0 bridgehead atoms. The van der Waals surface area contributed by atoms with Crippen LogP contribution in [-0.2, 0) is 11.3 Å². The van der Waals surface area contributed by atoms with Gasteiger partial charge in [0.15, 0.2) is 12.0 Å². The smallest absolute Gasteiger partial charge is 0.295 e. The van der Waals surface area contributed by atoms with Crippen molar-refractivity contribution in [3.63, 3.8) is 0 Å². The third-order valence-corrected chi connectivity index (χ3v) is 3.75. The van der Waals surface area contributed by atoms with Crippen molar-refractivity contribution in [3.8, 4) is 5.75 Å². The van der Waals surface area contributed by atoms with E-state index < -0.39 is 0 Å². The molecule has 0 radical (unpaired) electrons. The lowest BCUT2D eigenvalue weighted by Gasteiger charge is -2.12. The second-order valence-corrected chi connectivity index (χ2v) is 5.30. The maximum atomic E-state index is 12.6. The van der Waals surface area contributed by atoms with Crippen LogP contribution < -0.4 is 10.3 Å². The van der Waals surface area contributed by atoms with Gasteiger partial charge in [-0.1, -0.05) is 48.5 Å². The second-order valence-electron chi connectivity index (χ2n) is 5.30. The Morgan fingerprint density at radius 1 is 1.09 bits per heavy atom. The zero-order chi connectivity index (χ0) is 14.9. The molecule has 3 aromatic rings. The Balaban J connectivity index is 1.74. The molecule has 4 rings (SSSR count). The third-order valence-electron chi connectivity index (χ3n) is 3.75. The Bertz CT molecular complexity index is 866. The molecular weight excluding hydrogens is 278 g/mol. The Kier molecular flexibility index (Phi) is 3.16. The van der Waals surface area contributed by atoms with E-state index in [1.165, 1.54) is 0 Å². The highest BCUT2D eigenvalue weighted by atomic mass is 16.6. The van der Waals surface area contributed by atoms with Gasteiger partial charge in [0.25, 0.3) is 5.56 Å². The minimum absolute atomic E-state index is 0.142. The van der Waals surface area contributed by atoms with Crippen LogP contribution in [0.15, 0.2) is 65.5 Å². The standard InChI is InChI=1S/C18H15NO3/c20-18-16(21-11-13-6-2-1-3-7-13)10-14-8-4-5-9-15(14)19(18)17-12-22-17/h1-10,17H,11-12H2/t17-/m0/s1. The van der Waals surface area contributed by atoms with Crippen LogP contribution >= 0.6 is 0 Å². The van der Waals surface area contributed by atoms with Gasteiger partial charge in [-0.2, -0.15) is 0 Å². The van der Waals surface area contributed by atoms with E-state index in [4.69, 9.17) is 9.47 Å². The van der Waals surface area contributed by atoms with Crippen LogP contribution in [0.4, 0.5) is 0 Å². The predicted octanol–water partition coefficient (Wildman–Crippen LogP) is 3.11. The summed E-state index contributed by atoms with van der Waals surface area (Å²) < 4.78 is 12.7. The molecule has 1 saturated heterocycles. The molecule has 1 aliphatic rings. The lowest BCUT2D eigenvalue weighted by atomic mass is 10.2. The van der Waals surface area contributed by atoms with E-state index in [9.17, 15) is 4.79 Å². The highest BCUT2D eigenvalue weighted by Gasteiger charge is 2.28. The molecule has 1 fully saturated rings. The van der Waals surface area contributed by atoms with Gasteiger partial charge in [0.2, 0.25) is 0 Å². The molecule has 1 aliphatic heterocycles. The molecule has 4 nitrogen and oxygen atoms in total. The summed E-state index contributed by atoms with van der Waals surface area (Å²) in [4.78, 5) is 12.6. The number of rotatable bonds is 4. The van der Waals surface area contributed by atoms with Crippen molar-refractivity contribution in [3.05, 3.63) is 76.6 Å². The summed E-state index contributed by atoms with van der Waals surface area (Å²) in [6.07, 6.45) is -0.169. The zero-order valence-electron chi connectivity index (χ0n) is 11.9. The number of para-hydroxylation sites is 1. The summed E-state index contributed by atoms with van der Waals surface area (Å²) in [5.41, 5.74) is 1.77. The zero-order valence-corrected chi connectivity index (χ0v) is 11.9. The number of benzene rings is 2. The van der Waals surface area contributed by atoms with Gasteiger partial charge in [-0.3, -0.25) is 9.36 Å². The molecule has 1 atom stereocenters. The molecule has 4 heteroatoms. The lowest BCUT2D eigenvalue weighted by molar-refractivity contribution is 0.294. The summed E-state index contributed by atoms with van der Waals surface area (Å²) in [5.74, 6) is 0.359. The topological polar surface area (TPSA) is 43.8 Å². The van der Waals surface area contributed by atoms with Crippen molar-refractivity contribution < 1.29 is 9.47 Å². The monoisotopic (exact) mass is 293 g/mol. The summed E-state index contributed by atoms with van der Waals surface area (Å²) >= 11 is 0. The van der Waals surface area contributed by atoms with E-state index >= 15 is 0 Å². The van der Waals surface area contributed by atoms with Crippen LogP contribution in [0.3, 0.4) is 0 Å². The Morgan fingerprint density at radius 2 is 1.82 bits per heavy atom. The van der Waals surface area contributed by atoms with Crippen molar-refractivity contribution in [2.75, 3.05) is 6.61 Å². The third kappa shape index (κ3) is 2.38. The highest BCUT2D eigenvalue weighted by Crippen LogP contribution is 2.27. The van der Waals surface area contributed by atoms with Crippen LogP contribution in [0.1, 0.15) is 11.8 Å². The van der Waals surface area contributed by atoms with Crippen LogP contribution in [-0.4, -0.2) is 11.2 Å². The average molecular weight is 293 g/mol. The van der Waals surface area contributed by atoms with E-state index in [2.05, 4.69) is 0 Å². The van der Waals surface area contributed by atoms with E-state index in [-0.39, 0.29) is 11.8 Å². The fraction of sp³-hybridized carbons (Fsp3) is 0.167. The molecule has 0 unspecified atom stereocenters. The summed E-state index contributed by atoms with van der Waals surface area (Å²) in [6, 6.07) is 19.4. The molecule has 110 valence electrons. The molecular formula is C18H15NO3. The molecule has 2 aromatic carbocycles. The second kappa shape index (κ2) is 5.31. The summed E-state index contributed by atoms with van der Waals surface area (Å²) in [5, 5.41) is 0.973. The molecule has 0 spiro atoms. The number of pyridine rings is 1. The fourth-order valence-corrected chi connectivity index (χ4v) is 2.58. The van der Waals surface area contributed by atoms with Crippen molar-refractivity contribution >= 4 is 10.9 Å². The first-order chi connectivity index (χ1) is 10.8. The van der Waals surface area contributed by atoms with E-state index in [1.807, 2.05) is 54.6 Å². The van der Waals surface area contributed by atoms with Gasteiger partial charge >= 0.3 is 0 Å². The van der Waals surface area contributed by atoms with Crippen LogP contribution in [0, 0.1) is 0 Å². The maximum Gasteiger partial charge on any atom is 0.295 e. The number of epoxide rings is 1. The highest BCUT2D eigenvalue weighted by molar-refractivity contribution is 5.80. The number of ether oxygens (including phenoxy) is 2. The van der Waals surface area contributed by atoms with Gasteiger partial charge in [0.05, 0.1) is 12.1 Å². The Labute approximate surface area is 127 Å². The van der Waals surface area contributed by atoms with Crippen LogP contribution in [0.2, 0.25) is 0 Å². The van der Waals surface area contributed by atoms with Crippen LogP contribution in [0.25, 0.3) is 10.9 Å².